The number of benzene rings is 1. The smallest absolute Gasteiger partial charge is 0.252 e. The molecular weight excluding hydrogens is 302 g/mol. The van der Waals surface area contributed by atoms with Crippen LogP contribution in [0.15, 0.2) is 18.2 Å². The predicted octanol–water partition coefficient (Wildman–Crippen LogP) is 3.78. The molecule has 0 saturated heterocycles. The number of carbonyl (C=O) groups excluding carboxylic acids is 1. The topological polar surface area (TPSA) is 61.5 Å². The van der Waals surface area contributed by atoms with Crippen LogP contribution in [0.2, 0.25) is 0 Å². The summed E-state index contributed by atoms with van der Waals surface area (Å²) in [6, 6.07) is 5.19. The molecule has 0 atom stereocenters. The lowest BCUT2D eigenvalue weighted by Gasteiger charge is -2.57. The van der Waals surface area contributed by atoms with Crippen molar-refractivity contribution in [1.29, 1.82) is 0 Å². The first-order valence-corrected chi connectivity index (χ1v) is 9.17. The average molecular weight is 329 g/mol. The maximum Gasteiger partial charge on any atom is 0.252 e. The minimum absolute atomic E-state index is 0.432. The molecule has 0 spiro atoms. The fraction of sp³-hybridized carbons (Fsp3) is 0.650. The quantitative estimate of drug-likeness (QED) is 0.864. The largest absolute Gasteiger partial charge is 0.497 e. The van der Waals surface area contributed by atoms with E-state index in [2.05, 4.69) is 0 Å². The van der Waals surface area contributed by atoms with Crippen molar-refractivity contribution in [3.8, 4) is 11.5 Å². The van der Waals surface area contributed by atoms with Crippen LogP contribution in [0.1, 0.15) is 55.3 Å². The third-order valence-corrected chi connectivity index (χ3v) is 6.51. The van der Waals surface area contributed by atoms with E-state index in [1.54, 1.807) is 25.3 Å². The average Bonchev–Trinajstić information content (AvgIpc) is 2.53. The Balaban J connectivity index is 1.43. The summed E-state index contributed by atoms with van der Waals surface area (Å²) >= 11 is 0. The zero-order chi connectivity index (χ0) is 16.7. The van der Waals surface area contributed by atoms with Crippen molar-refractivity contribution in [3.63, 3.8) is 0 Å². The zero-order valence-corrected chi connectivity index (χ0v) is 14.4. The number of amides is 1. The van der Waals surface area contributed by atoms with Gasteiger partial charge in [-0.05, 0) is 80.2 Å². The summed E-state index contributed by atoms with van der Waals surface area (Å²) in [6.07, 6.45) is 9.60. The van der Waals surface area contributed by atoms with Crippen LogP contribution in [0.4, 0.5) is 0 Å². The third kappa shape index (κ3) is 2.87. The van der Waals surface area contributed by atoms with E-state index < -0.39 is 5.91 Å². The molecule has 4 aliphatic rings. The fourth-order valence-electron chi connectivity index (χ4n) is 5.93. The van der Waals surface area contributed by atoms with Crippen LogP contribution in [-0.4, -0.2) is 19.6 Å². The van der Waals surface area contributed by atoms with Gasteiger partial charge in [0, 0.05) is 6.07 Å². The molecule has 4 saturated carbocycles. The Morgan fingerprint density at radius 3 is 2.33 bits per heavy atom. The second-order valence-electron chi connectivity index (χ2n) is 8.24. The number of primary amides is 1. The van der Waals surface area contributed by atoms with E-state index in [9.17, 15) is 4.79 Å². The van der Waals surface area contributed by atoms with Crippen molar-refractivity contribution in [3.05, 3.63) is 23.8 Å². The molecule has 130 valence electrons. The first-order chi connectivity index (χ1) is 11.6. The molecule has 0 unspecified atom stereocenters. The number of methoxy groups -OCH3 is 1. The summed E-state index contributed by atoms with van der Waals surface area (Å²) in [5, 5.41) is 0. The molecule has 2 N–H and O–H groups in total. The summed E-state index contributed by atoms with van der Waals surface area (Å²) < 4.78 is 11.2. The fourth-order valence-corrected chi connectivity index (χ4v) is 5.93. The van der Waals surface area contributed by atoms with Crippen molar-refractivity contribution in [2.24, 2.45) is 28.9 Å². The van der Waals surface area contributed by atoms with Crippen LogP contribution in [-0.2, 0) is 0 Å². The molecular formula is C20H27NO3. The number of carbonyl (C=O) groups is 1. The van der Waals surface area contributed by atoms with E-state index in [0.717, 1.165) is 24.2 Å². The Labute approximate surface area is 143 Å². The van der Waals surface area contributed by atoms with Gasteiger partial charge >= 0.3 is 0 Å². The second-order valence-corrected chi connectivity index (χ2v) is 8.24. The Morgan fingerprint density at radius 2 is 1.79 bits per heavy atom. The van der Waals surface area contributed by atoms with E-state index in [-0.39, 0.29) is 0 Å². The molecule has 0 heterocycles. The van der Waals surface area contributed by atoms with Crippen molar-refractivity contribution in [2.75, 3.05) is 13.7 Å². The summed E-state index contributed by atoms with van der Waals surface area (Å²) in [7, 11) is 1.61. The third-order valence-electron chi connectivity index (χ3n) is 6.51. The highest BCUT2D eigenvalue weighted by Gasteiger charge is 2.50. The zero-order valence-electron chi connectivity index (χ0n) is 14.4. The monoisotopic (exact) mass is 329 g/mol. The van der Waals surface area contributed by atoms with Crippen LogP contribution in [0.5, 0.6) is 11.5 Å². The summed E-state index contributed by atoms with van der Waals surface area (Å²) in [4.78, 5) is 11.6. The summed E-state index contributed by atoms with van der Waals surface area (Å²) in [6.45, 7) is 0.652. The van der Waals surface area contributed by atoms with Gasteiger partial charge in [0.1, 0.15) is 11.5 Å². The van der Waals surface area contributed by atoms with Gasteiger partial charge < -0.3 is 15.2 Å². The number of rotatable bonds is 6. The molecule has 1 aromatic carbocycles. The van der Waals surface area contributed by atoms with Gasteiger partial charge in [-0.25, -0.2) is 0 Å². The molecule has 4 aliphatic carbocycles. The van der Waals surface area contributed by atoms with Crippen LogP contribution in [0.25, 0.3) is 0 Å². The van der Waals surface area contributed by atoms with Gasteiger partial charge in [-0.15, -0.1) is 0 Å². The Bertz CT molecular complexity index is 604. The van der Waals surface area contributed by atoms with Gasteiger partial charge in [-0.3, -0.25) is 4.79 Å². The lowest BCUT2D eigenvalue weighted by Crippen LogP contribution is -2.46. The lowest BCUT2D eigenvalue weighted by atomic mass is 9.49. The van der Waals surface area contributed by atoms with Crippen molar-refractivity contribution < 1.29 is 14.3 Å². The van der Waals surface area contributed by atoms with E-state index in [1.807, 2.05) is 0 Å². The van der Waals surface area contributed by atoms with Gasteiger partial charge in [0.15, 0.2) is 0 Å². The Kier molecular flexibility index (Phi) is 3.93. The SMILES string of the molecule is COc1ccc(C(N)=O)c(OCCC23CC4CC(CC(C4)C2)C3)c1. The molecule has 1 amide bonds. The van der Waals surface area contributed by atoms with E-state index in [0.29, 0.717) is 29.1 Å². The normalized spacial score (nSPS) is 33.5. The lowest BCUT2D eigenvalue weighted by molar-refractivity contribution is -0.0623. The number of nitrogens with two attached hydrogens (primary N) is 1. The molecule has 0 aliphatic heterocycles. The van der Waals surface area contributed by atoms with Crippen LogP contribution in [0.3, 0.4) is 0 Å². The van der Waals surface area contributed by atoms with Crippen LogP contribution >= 0.6 is 0 Å². The standard InChI is InChI=1S/C20H27NO3/c1-23-16-2-3-17(19(21)22)18(9-16)24-5-4-20-10-13-6-14(11-20)8-15(7-13)12-20/h2-3,9,13-15H,4-8,10-12H2,1H3,(H2,21,22). The van der Waals surface area contributed by atoms with Gasteiger partial charge in [-0.1, -0.05) is 0 Å². The molecule has 1 aromatic rings. The van der Waals surface area contributed by atoms with Gasteiger partial charge in [0.05, 0.1) is 19.3 Å². The molecule has 0 radical (unpaired) electrons. The van der Waals surface area contributed by atoms with Crippen LogP contribution in [0, 0.1) is 23.2 Å². The van der Waals surface area contributed by atoms with Crippen molar-refractivity contribution >= 4 is 5.91 Å². The maximum absolute atomic E-state index is 11.6. The first-order valence-electron chi connectivity index (χ1n) is 9.17. The minimum atomic E-state index is -0.456. The second kappa shape index (κ2) is 5.98. The molecule has 4 nitrogen and oxygen atoms in total. The van der Waals surface area contributed by atoms with Crippen molar-refractivity contribution in [2.45, 2.75) is 44.9 Å². The van der Waals surface area contributed by atoms with E-state index in [4.69, 9.17) is 15.2 Å². The number of hydrogen-bond acceptors (Lipinski definition) is 3. The molecule has 4 fully saturated rings. The number of ether oxygens (including phenoxy) is 2. The number of hydrogen-bond donors (Lipinski definition) is 1. The van der Waals surface area contributed by atoms with Crippen molar-refractivity contribution in [1.82, 2.24) is 0 Å². The molecule has 0 aromatic heterocycles. The highest BCUT2D eigenvalue weighted by Crippen LogP contribution is 2.61. The Morgan fingerprint density at radius 1 is 1.17 bits per heavy atom. The van der Waals surface area contributed by atoms with Gasteiger partial charge in [0.25, 0.3) is 5.91 Å². The van der Waals surface area contributed by atoms with Crippen LogP contribution < -0.4 is 15.2 Å². The van der Waals surface area contributed by atoms with Gasteiger partial charge in [-0.2, -0.15) is 0 Å². The summed E-state index contributed by atoms with van der Waals surface area (Å²) in [5.41, 5.74) is 6.38. The maximum atomic E-state index is 11.6. The first kappa shape index (κ1) is 15.8. The highest BCUT2D eigenvalue weighted by atomic mass is 16.5. The van der Waals surface area contributed by atoms with E-state index >= 15 is 0 Å². The molecule has 4 bridgehead atoms. The highest BCUT2D eigenvalue weighted by molar-refractivity contribution is 5.95. The Hall–Kier alpha value is -1.71. The summed E-state index contributed by atoms with van der Waals surface area (Å²) in [5.74, 6) is 3.64. The van der Waals surface area contributed by atoms with E-state index in [1.165, 1.54) is 38.5 Å². The molecule has 5 rings (SSSR count). The molecule has 24 heavy (non-hydrogen) atoms. The minimum Gasteiger partial charge on any atom is -0.497 e. The van der Waals surface area contributed by atoms with Gasteiger partial charge in [0.2, 0.25) is 0 Å². The molecule has 4 heteroatoms. The predicted molar refractivity (Wildman–Crippen MR) is 92.2 cm³/mol.